The Morgan fingerprint density at radius 2 is 1.90 bits per heavy atom. The molecule has 0 amide bonds. The van der Waals surface area contributed by atoms with E-state index in [2.05, 4.69) is 5.32 Å². The van der Waals surface area contributed by atoms with E-state index in [0.29, 0.717) is 5.75 Å². The predicted molar refractivity (Wildman–Crippen MR) is 84.1 cm³/mol. The molecule has 2 aromatic carbocycles. The van der Waals surface area contributed by atoms with Gasteiger partial charge in [0.2, 0.25) is 0 Å². The van der Waals surface area contributed by atoms with Crippen molar-refractivity contribution in [2.24, 2.45) is 0 Å². The lowest BCUT2D eigenvalue weighted by atomic mass is 10.0. The maximum atomic E-state index is 13.1. The Bertz CT molecular complexity index is 625. The summed E-state index contributed by atoms with van der Waals surface area (Å²) >= 11 is 0. The zero-order chi connectivity index (χ0) is 15.4. The van der Waals surface area contributed by atoms with Crippen LogP contribution in [0.3, 0.4) is 0 Å². The highest BCUT2D eigenvalue weighted by atomic mass is 19.1. The van der Waals surface area contributed by atoms with Gasteiger partial charge in [-0.15, -0.1) is 0 Å². The third-order valence-corrected chi connectivity index (χ3v) is 3.80. The van der Waals surface area contributed by atoms with Crippen LogP contribution in [0.25, 0.3) is 0 Å². The summed E-state index contributed by atoms with van der Waals surface area (Å²) in [6.07, 6.45) is 0.836. The second kappa shape index (κ2) is 6.72. The van der Waals surface area contributed by atoms with E-state index in [1.807, 2.05) is 39.0 Å². The van der Waals surface area contributed by atoms with Crippen molar-refractivity contribution in [1.29, 1.82) is 0 Å². The summed E-state index contributed by atoms with van der Waals surface area (Å²) in [5.74, 6) is 0.126. The van der Waals surface area contributed by atoms with Gasteiger partial charge < -0.3 is 10.4 Å². The Morgan fingerprint density at radius 1 is 1.14 bits per heavy atom. The van der Waals surface area contributed by atoms with E-state index in [1.165, 1.54) is 6.07 Å². The summed E-state index contributed by atoms with van der Waals surface area (Å²) in [4.78, 5) is 0. The monoisotopic (exact) mass is 287 g/mol. The van der Waals surface area contributed by atoms with E-state index < -0.39 is 0 Å². The third-order valence-electron chi connectivity index (χ3n) is 3.80. The second-order valence-corrected chi connectivity index (χ2v) is 5.56. The molecule has 0 spiro atoms. The number of phenolic OH excluding ortho intramolecular Hbond substituents is 1. The van der Waals surface area contributed by atoms with E-state index in [1.54, 1.807) is 12.1 Å². The Labute approximate surface area is 125 Å². The molecule has 2 N–H and O–H groups in total. The summed E-state index contributed by atoms with van der Waals surface area (Å²) in [5, 5.41) is 13.3. The van der Waals surface area contributed by atoms with Crippen LogP contribution >= 0.6 is 0 Å². The summed E-state index contributed by atoms with van der Waals surface area (Å²) in [5.41, 5.74) is 4.16. The number of hydrogen-bond acceptors (Lipinski definition) is 2. The highest BCUT2D eigenvalue weighted by Gasteiger charge is 2.10. The summed E-state index contributed by atoms with van der Waals surface area (Å²) < 4.78 is 13.1. The minimum Gasteiger partial charge on any atom is -0.508 e. The first-order chi connectivity index (χ1) is 9.97. The molecule has 0 radical (unpaired) electrons. The highest BCUT2D eigenvalue weighted by Crippen LogP contribution is 2.24. The summed E-state index contributed by atoms with van der Waals surface area (Å²) in [7, 11) is 0. The maximum absolute atomic E-state index is 13.1. The molecule has 112 valence electrons. The lowest BCUT2D eigenvalue weighted by molar-refractivity contribution is 0.453. The number of hydrogen-bond donors (Lipinski definition) is 2. The van der Waals surface area contributed by atoms with Gasteiger partial charge in [0.05, 0.1) is 0 Å². The normalized spacial score (nSPS) is 12.4. The van der Waals surface area contributed by atoms with Crippen LogP contribution < -0.4 is 5.32 Å². The Balaban J connectivity index is 1.95. The largest absolute Gasteiger partial charge is 0.508 e. The van der Waals surface area contributed by atoms with Gasteiger partial charge in [-0.1, -0.05) is 23.8 Å². The molecule has 0 fully saturated rings. The molecule has 0 heterocycles. The van der Waals surface area contributed by atoms with Crippen LogP contribution in [-0.4, -0.2) is 11.7 Å². The summed E-state index contributed by atoms with van der Waals surface area (Å²) in [6.45, 7) is 6.75. The molecule has 2 nitrogen and oxygen atoms in total. The number of nitrogens with one attached hydrogen (secondary N) is 1. The molecule has 3 heteroatoms. The SMILES string of the molecule is Cc1ccc(O)c(C(C)NCCc2ccc(F)cc2C)c1. The average Bonchev–Trinajstić information content (AvgIpc) is 2.43. The van der Waals surface area contributed by atoms with Gasteiger partial charge in [0, 0.05) is 11.6 Å². The molecule has 21 heavy (non-hydrogen) atoms. The Hall–Kier alpha value is -1.87. The fourth-order valence-corrected chi connectivity index (χ4v) is 2.49. The van der Waals surface area contributed by atoms with Crippen molar-refractivity contribution in [2.45, 2.75) is 33.2 Å². The average molecular weight is 287 g/mol. The maximum Gasteiger partial charge on any atom is 0.123 e. The van der Waals surface area contributed by atoms with E-state index in [0.717, 1.165) is 35.2 Å². The molecule has 0 aliphatic carbocycles. The lowest BCUT2D eigenvalue weighted by Crippen LogP contribution is -2.21. The smallest absolute Gasteiger partial charge is 0.123 e. The van der Waals surface area contributed by atoms with E-state index in [9.17, 15) is 9.50 Å². The molecule has 1 atom stereocenters. The van der Waals surface area contributed by atoms with Crippen molar-refractivity contribution < 1.29 is 9.50 Å². The van der Waals surface area contributed by atoms with Crippen molar-refractivity contribution in [1.82, 2.24) is 5.32 Å². The fourth-order valence-electron chi connectivity index (χ4n) is 2.49. The van der Waals surface area contributed by atoms with Gasteiger partial charge in [0.1, 0.15) is 11.6 Å². The topological polar surface area (TPSA) is 32.3 Å². The fraction of sp³-hybridized carbons (Fsp3) is 0.333. The van der Waals surface area contributed by atoms with Crippen LogP contribution in [0.2, 0.25) is 0 Å². The number of rotatable bonds is 5. The van der Waals surface area contributed by atoms with Gasteiger partial charge in [-0.2, -0.15) is 0 Å². The first-order valence-corrected chi connectivity index (χ1v) is 7.25. The minimum atomic E-state index is -0.192. The van der Waals surface area contributed by atoms with Gasteiger partial charge in [-0.05, 0) is 63.1 Å². The van der Waals surface area contributed by atoms with Crippen LogP contribution in [-0.2, 0) is 6.42 Å². The van der Waals surface area contributed by atoms with Gasteiger partial charge in [0.25, 0.3) is 0 Å². The zero-order valence-electron chi connectivity index (χ0n) is 12.8. The van der Waals surface area contributed by atoms with Crippen molar-refractivity contribution in [2.75, 3.05) is 6.54 Å². The second-order valence-electron chi connectivity index (χ2n) is 5.56. The molecular weight excluding hydrogens is 265 g/mol. The van der Waals surface area contributed by atoms with Crippen molar-refractivity contribution in [3.8, 4) is 5.75 Å². The molecule has 0 bridgehead atoms. The van der Waals surface area contributed by atoms with E-state index in [-0.39, 0.29) is 11.9 Å². The molecule has 0 saturated heterocycles. The molecular formula is C18H22FNO. The number of aryl methyl sites for hydroxylation is 2. The van der Waals surface area contributed by atoms with Crippen LogP contribution in [0.5, 0.6) is 5.75 Å². The van der Waals surface area contributed by atoms with Crippen molar-refractivity contribution in [3.05, 3.63) is 64.5 Å². The van der Waals surface area contributed by atoms with Gasteiger partial charge in [0.15, 0.2) is 0 Å². The molecule has 0 aliphatic rings. The minimum absolute atomic E-state index is 0.0747. The first-order valence-electron chi connectivity index (χ1n) is 7.25. The molecule has 0 aromatic heterocycles. The van der Waals surface area contributed by atoms with Crippen LogP contribution in [0.1, 0.15) is 35.2 Å². The summed E-state index contributed by atoms with van der Waals surface area (Å²) in [6, 6.07) is 10.6. The third kappa shape index (κ3) is 4.05. The molecule has 2 aromatic rings. The Morgan fingerprint density at radius 3 is 2.62 bits per heavy atom. The molecule has 1 unspecified atom stereocenters. The van der Waals surface area contributed by atoms with Gasteiger partial charge >= 0.3 is 0 Å². The van der Waals surface area contributed by atoms with E-state index >= 15 is 0 Å². The molecule has 0 aliphatic heterocycles. The van der Waals surface area contributed by atoms with Crippen LogP contribution in [0.15, 0.2) is 36.4 Å². The standard InChI is InChI=1S/C18H22FNO/c1-12-4-7-18(21)17(10-12)14(3)20-9-8-15-5-6-16(19)11-13(15)2/h4-7,10-11,14,20-21H,8-9H2,1-3H3. The van der Waals surface area contributed by atoms with Gasteiger partial charge in [-0.25, -0.2) is 4.39 Å². The van der Waals surface area contributed by atoms with Crippen LogP contribution in [0, 0.1) is 19.7 Å². The number of benzene rings is 2. The quantitative estimate of drug-likeness (QED) is 0.870. The van der Waals surface area contributed by atoms with Crippen molar-refractivity contribution >= 4 is 0 Å². The molecule has 0 saturated carbocycles. The Kier molecular flexibility index (Phi) is 4.97. The molecule has 2 rings (SSSR count). The number of halogens is 1. The van der Waals surface area contributed by atoms with Crippen LogP contribution in [0.4, 0.5) is 4.39 Å². The number of phenols is 1. The lowest BCUT2D eigenvalue weighted by Gasteiger charge is -2.16. The van der Waals surface area contributed by atoms with Crippen molar-refractivity contribution in [3.63, 3.8) is 0 Å². The van der Waals surface area contributed by atoms with Gasteiger partial charge in [-0.3, -0.25) is 0 Å². The first kappa shape index (κ1) is 15.5. The highest BCUT2D eigenvalue weighted by molar-refractivity contribution is 5.37. The zero-order valence-corrected chi connectivity index (χ0v) is 12.8. The number of aromatic hydroxyl groups is 1. The van der Waals surface area contributed by atoms with E-state index in [4.69, 9.17) is 0 Å². The predicted octanol–water partition coefficient (Wildman–Crippen LogP) is 4.04.